The normalized spacial score (nSPS) is 12.6. The maximum atomic E-state index is 13.6. The highest BCUT2D eigenvalue weighted by Crippen LogP contribution is 2.22. The minimum Gasteiger partial charge on any atom is -0.352 e. The number of aryl methyl sites for hydroxylation is 1. The van der Waals surface area contributed by atoms with E-state index in [9.17, 15) is 18.0 Å². The number of rotatable bonds is 10. The fourth-order valence-electron chi connectivity index (χ4n) is 4.18. The summed E-state index contributed by atoms with van der Waals surface area (Å²) in [6.45, 7) is 7.35. The zero-order chi connectivity index (χ0) is 26.5. The van der Waals surface area contributed by atoms with E-state index in [2.05, 4.69) is 5.32 Å². The monoisotopic (exact) mass is 509 g/mol. The van der Waals surface area contributed by atoms with Gasteiger partial charge in [0.2, 0.25) is 21.8 Å². The average Bonchev–Trinajstić information content (AvgIpc) is 2.83. The lowest BCUT2D eigenvalue weighted by Crippen LogP contribution is -2.52. The largest absolute Gasteiger partial charge is 0.352 e. The summed E-state index contributed by atoms with van der Waals surface area (Å²) in [6, 6.07) is 19.3. The summed E-state index contributed by atoms with van der Waals surface area (Å²) < 4.78 is 27.7. The van der Waals surface area contributed by atoms with Crippen molar-refractivity contribution in [2.24, 2.45) is 0 Å². The van der Waals surface area contributed by atoms with E-state index in [1.54, 1.807) is 18.2 Å². The van der Waals surface area contributed by atoms with Crippen LogP contribution in [0.2, 0.25) is 0 Å². The molecule has 0 saturated heterocycles. The van der Waals surface area contributed by atoms with Crippen LogP contribution in [-0.2, 0) is 26.2 Å². The van der Waals surface area contributed by atoms with Crippen molar-refractivity contribution in [2.45, 2.75) is 57.6 Å². The molecule has 0 fully saturated rings. The van der Waals surface area contributed by atoms with Gasteiger partial charge < -0.3 is 10.2 Å². The Morgan fingerprint density at radius 3 is 2.28 bits per heavy atom. The lowest BCUT2D eigenvalue weighted by molar-refractivity contribution is -0.141. The van der Waals surface area contributed by atoms with E-state index in [-0.39, 0.29) is 29.9 Å². The number of benzene rings is 3. The quantitative estimate of drug-likeness (QED) is 0.446. The van der Waals surface area contributed by atoms with Gasteiger partial charge in [-0.05, 0) is 55.7 Å². The van der Waals surface area contributed by atoms with Gasteiger partial charge in [-0.1, -0.05) is 67.1 Å². The Hall–Kier alpha value is -3.23. The van der Waals surface area contributed by atoms with E-state index in [0.29, 0.717) is 6.42 Å². The Labute approximate surface area is 214 Å². The maximum Gasteiger partial charge on any atom is 0.243 e. The van der Waals surface area contributed by atoms with Crippen LogP contribution in [0.3, 0.4) is 0 Å². The molecule has 1 N–H and O–H groups in total. The SMILES string of the molecule is CC[C@H](C(=O)NC(C)C)N(Cc1cccc(C)c1)C(=O)CN(C)S(=O)(=O)c1ccc2ccccc2c1. The van der Waals surface area contributed by atoms with E-state index in [0.717, 1.165) is 26.2 Å². The second-order valence-corrected chi connectivity index (χ2v) is 11.4. The second-order valence-electron chi connectivity index (χ2n) is 9.37. The number of sulfonamides is 1. The van der Waals surface area contributed by atoms with E-state index in [1.165, 1.54) is 11.9 Å². The molecule has 0 bridgehead atoms. The van der Waals surface area contributed by atoms with Crippen molar-refractivity contribution in [1.29, 1.82) is 0 Å². The predicted octanol–water partition coefficient (Wildman–Crippen LogP) is 4.10. The Kier molecular flexibility index (Phi) is 8.87. The molecule has 0 spiro atoms. The third kappa shape index (κ3) is 6.50. The lowest BCUT2D eigenvalue weighted by atomic mass is 10.1. The Morgan fingerprint density at radius 1 is 0.944 bits per heavy atom. The van der Waals surface area contributed by atoms with E-state index in [1.807, 2.05) is 76.2 Å². The van der Waals surface area contributed by atoms with Crippen LogP contribution in [0.25, 0.3) is 10.8 Å². The molecule has 2 amide bonds. The number of nitrogens with zero attached hydrogens (tertiary/aromatic N) is 2. The van der Waals surface area contributed by atoms with Gasteiger partial charge in [0.05, 0.1) is 11.4 Å². The van der Waals surface area contributed by atoms with E-state index >= 15 is 0 Å². The zero-order valence-electron chi connectivity index (χ0n) is 21.6. The third-order valence-corrected chi connectivity index (χ3v) is 7.84. The number of carbonyl (C=O) groups is 2. The smallest absolute Gasteiger partial charge is 0.243 e. The molecule has 7 nitrogen and oxygen atoms in total. The molecule has 0 saturated carbocycles. The first kappa shape index (κ1) is 27.4. The molecule has 3 aromatic rings. The van der Waals surface area contributed by atoms with Crippen LogP contribution >= 0.6 is 0 Å². The molecule has 0 unspecified atom stereocenters. The number of hydrogen-bond donors (Lipinski definition) is 1. The summed E-state index contributed by atoms with van der Waals surface area (Å²) in [5.41, 5.74) is 1.91. The topological polar surface area (TPSA) is 86.8 Å². The third-order valence-electron chi connectivity index (χ3n) is 6.04. The number of amides is 2. The summed E-state index contributed by atoms with van der Waals surface area (Å²) in [4.78, 5) is 28.1. The van der Waals surface area contributed by atoms with Crippen LogP contribution in [0.15, 0.2) is 71.6 Å². The molecule has 192 valence electrons. The van der Waals surface area contributed by atoms with Gasteiger partial charge in [0.1, 0.15) is 6.04 Å². The van der Waals surface area contributed by atoms with Gasteiger partial charge in [-0.3, -0.25) is 9.59 Å². The highest BCUT2D eigenvalue weighted by molar-refractivity contribution is 7.89. The van der Waals surface area contributed by atoms with Gasteiger partial charge in [0, 0.05) is 19.6 Å². The molecular weight excluding hydrogens is 474 g/mol. The van der Waals surface area contributed by atoms with Crippen molar-refractivity contribution in [1.82, 2.24) is 14.5 Å². The molecule has 0 heterocycles. The first-order chi connectivity index (χ1) is 17.0. The first-order valence-corrected chi connectivity index (χ1v) is 13.6. The van der Waals surface area contributed by atoms with Gasteiger partial charge in [0.25, 0.3) is 0 Å². The second kappa shape index (κ2) is 11.7. The van der Waals surface area contributed by atoms with Crippen molar-refractivity contribution >= 4 is 32.6 Å². The highest BCUT2D eigenvalue weighted by Gasteiger charge is 2.32. The Bertz CT molecular complexity index is 1340. The standard InChI is InChI=1S/C28H35N3O4S/c1-6-26(28(33)29-20(2)3)31(18-22-11-9-10-21(4)16-22)27(32)19-30(5)36(34,35)25-15-14-23-12-7-8-13-24(23)17-25/h7-17,20,26H,6,18-19H2,1-5H3,(H,29,33)/t26-/m1/s1. The predicted molar refractivity (Wildman–Crippen MR) is 143 cm³/mol. The summed E-state index contributed by atoms with van der Waals surface area (Å²) in [7, 11) is -2.53. The summed E-state index contributed by atoms with van der Waals surface area (Å²) in [6.07, 6.45) is 0.400. The van der Waals surface area contributed by atoms with Gasteiger partial charge in [0.15, 0.2) is 0 Å². The summed E-state index contributed by atoms with van der Waals surface area (Å²) in [5.74, 6) is -0.692. The molecule has 36 heavy (non-hydrogen) atoms. The van der Waals surface area contributed by atoms with Crippen molar-refractivity contribution in [3.8, 4) is 0 Å². The van der Waals surface area contributed by atoms with Crippen molar-refractivity contribution in [3.63, 3.8) is 0 Å². The van der Waals surface area contributed by atoms with Crippen molar-refractivity contribution < 1.29 is 18.0 Å². The number of likely N-dealkylation sites (N-methyl/N-ethyl adjacent to an activating group) is 1. The van der Waals surface area contributed by atoms with Crippen LogP contribution in [0.5, 0.6) is 0 Å². The molecule has 0 aromatic heterocycles. The van der Waals surface area contributed by atoms with Gasteiger partial charge in [-0.2, -0.15) is 4.31 Å². The molecule has 0 radical (unpaired) electrons. The number of fused-ring (bicyclic) bond motifs is 1. The van der Waals surface area contributed by atoms with E-state index in [4.69, 9.17) is 0 Å². The van der Waals surface area contributed by atoms with Gasteiger partial charge >= 0.3 is 0 Å². The molecule has 3 aromatic carbocycles. The lowest BCUT2D eigenvalue weighted by Gasteiger charge is -2.32. The van der Waals surface area contributed by atoms with Crippen molar-refractivity contribution in [2.75, 3.05) is 13.6 Å². The average molecular weight is 510 g/mol. The maximum absolute atomic E-state index is 13.6. The molecular formula is C28H35N3O4S. The number of nitrogens with one attached hydrogen (secondary N) is 1. The van der Waals surface area contributed by atoms with Crippen LogP contribution in [-0.4, -0.2) is 55.1 Å². The van der Waals surface area contributed by atoms with Crippen LogP contribution < -0.4 is 5.32 Å². The molecule has 0 aliphatic rings. The Morgan fingerprint density at radius 2 is 1.64 bits per heavy atom. The highest BCUT2D eigenvalue weighted by atomic mass is 32.2. The van der Waals surface area contributed by atoms with Crippen molar-refractivity contribution in [3.05, 3.63) is 77.9 Å². The van der Waals surface area contributed by atoms with Crippen LogP contribution in [0.4, 0.5) is 0 Å². The Balaban J connectivity index is 1.89. The fraction of sp³-hybridized carbons (Fsp3) is 0.357. The minimum atomic E-state index is -3.92. The van der Waals surface area contributed by atoms with Crippen LogP contribution in [0.1, 0.15) is 38.3 Å². The molecule has 8 heteroatoms. The fourth-order valence-corrected chi connectivity index (χ4v) is 5.34. The van der Waals surface area contributed by atoms with Gasteiger partial charge in [-0.15, -0.1) is 0 Å². The molecule has 3 rings (SSSR count). The molecule has 1 atom stereocenters. The molecule has 0 aliphatic heterocycles. The minimum absolute atomic E-state index is 0.0848. The summed E-state index contributed by atoms with van der Waals surface area (Å²) >= 11 is 0. The van der Waals surface area contributed by atoms with E-state index < -0.39 is 22.0 Å². The summed E-state index contributed by atoms with van der Waals surface area (Å²) in [5, 5.41) is 4.62. The number of hydrogen-bond acceptors (Lipinski definition) is 4. The van der Waals surface area contributed by atoms with Crippen LogP contribution in [0, 0.1) is 6.92 Å². The number of carbonyl (C=O) groups excluding carboxylic acids is 2. The molecule has 0 aliphatic carbocycles. The zero-order valence-corrected chi connectivity index (χ0v) is 22.4. The van der Waals surface area contributed by atoms with Gasteiger partial charge in [-0.25, -0.2) is 8.42 Å². The first-order valence-electron chi connectivity index (χ1n) is 12.1.